The van der Waals surface area contributed by atoms with Crippen LogP contribution in [-0.4, -0.2) is 31.3 Å². The quantitative estimate of drug-likeness (QED) is 0.275. The zero-order chi connectivity index (χ0) is 5.54. The summed E-state index contributed by atoms with van der Waals surface area (Å²) in [7, 11) is 0. The Morgan fingerprint density at radius 3 is 2.38 bits per heavy atom. The van der Waals surface area contributed by atoms with Gasteiger partial charge in [0.2, 0.25) is 0 Å². The number of nitrogens with one attached hydrogen (secondary N) is 1. The molecule has 0 spiro atoms. The minimum atomic E-state index is 0. The van der Waals surface area contributed by atoms with Crippen LogP contribution in [0.4, 0.5) is 0 Å². The van der Waals surface area contributed by atoms with Crippen molar-refractivity contribution < 1.29 is 56.5 Å². The van der Waals surface area contributed by atoms with Crippen LogP contribution in [0, 0.1) is 0 Å². The standard InChI is InChI=1S/C4H12N2O.K/c5-1-2-6-3-4-7;/h6-7H,1-5H2;/q;+1. The smallest absolute Gasteiger partial charge is 0.395 e. The maximum absolute atomic E-state index is 8.19. The number of aliphatic hydroxyl groups excluding tert-OH is 1. The van der Waals surface area contributed by atoms with Gasteiger partial charge in [-0.3, -0.25) is 0 Å². The molecule has 3 nitrogen and oxygen atoms in total. The molecule has 44 valence electrons. The van der Waals surface area contributed by atoms with Crippen molar-refractivity contribution in [3.63, 3.8) is 0 Å². The molecule has 4 N–H and O–H groups in total. The second-order valence-corrected chi connectivity index (χ2v) is 1.26. The van der Waals surface area contributed by atoms with E-state index >= 15 is 0 Å². The van der Waals surface area contributed by atoms with Gasteiger partial charge in [-0.15, -0.1) is 0 Å². The van der Waals surface area contributed by atoms with Crippen molar-refractivity contribution in [3.8, 4) is 0 Å². The van der Waals surface area contributed by atoms with Gasteiger partial charge in [0.1, 0.15) is 0 Å². The van der Waals surface area contributed by atoms with Crippen molar-refractivity contribution in [1.82, 2.24) is 5.32 Å². The summed E-state index contributed by atoms with van der Waals surface area (Å²) in [5.41, 5.74) is 5.13. The number of hydrogen-bond donors (Lipinski definition) is 3. The molecular formula is C4H12KN2O+. The molecule has 8 heavy (non-hydrogen) atoms. The summed E-state index contributed by atoms with van der Waals surface area (Å²) in [6.07, 6.45) is 0. The molecule has 0 amide bonds. The second-order valence-electron chi connectivity index (χ2n) is 1.26. The van der Waals surface area contributed by atoms with Crippen LogP contribution in [0.3, 0.4) is 0 Å². The van der Waals surface area contributed by atoms with Gasteiger partial charge in [-0.2, -0.15) is 0 Å². The van der Waals surface area contributed by atoms with Gasteiger partial charge < -0.3 is 16.2 Å². The maximum Gasteiger partial charge on any atom is 1.00 e. The van der Waals surface area contributed by atoms with Crippen LogP contribution >= 0.6 is 0 Å². The molecule has 0 heterocycles. The van der Waals surface area contributed by atoms with Crippen LogP contribution in [0.15, 0.2) is 0 Å². The van der Waals surface area contributed by atoms with E-state index in [-0.39, 0.29) is 58.0 Å². The Kier molecular flexibility index (Phi) is 17.3. The molecule has 0 fully saturated rings. The molecule has 0 rings (SSSR count). The van der Waals surface area contributed by atoms with Crippen LogP contribution in [-0.2, 0) is 0 Å². The average Bonchev–Trinajstić information content (AvgIpc) is 1.69. The molecule has 0 atom stereocenters. The van der Waals surface area contributed by atoms with Crippen LogP contribution in [0.25, 0.3) is 0 Å². The number of hydrogen-bond acceptors (Lipinski definition) is 3. The van der Waals surface area contributed by atoms with E-state index < -0.39 is 0 Å². The van der Waals surface area contributed by atoms with Gasteiger partial charge in [-0.1, -0.05) is 0 Å². The molecule has 0 saturated carbocycles. The molecule has 0 aromatic heterocycles. The Labute approximate surface area is 92.4 Å². The van der Waals surface area contributed by atoms with Gasteiger partial charge in [-0.05, 0) is 0 Å². The van der Waals surface area contributed by atoms with Gasteiger partial charge in [0, 0.05) is 19.6 Å². The van der Waals surface area contributed by atoms with Crippen molar-refractivity contribution in [2.45, 2.75) is 0 Å². The topological polar surface area (TPSA) is 58.3 Å². The Morgan fingerprint density at radius 2 is 2.00 bits per heavy atom. The Morgan fingerprint density at radius 1 is 1.38 bits per heavy atom. The zero-order valence-electron chi connectivity index (χ0n) is 5.35. The average molecular weight is 143 g/mol. The van der Waals surface area contributed by atoms with Crippen molar-refractivity contribution in [2.75, 3.05) is 26.2 Å². The second kappa shape index (κ2) is 11.3. The minimum Gasteiger partial charge on any atom is -0.395 e. The summed E-state index contributed by atoms with van der Waals surface area (Å²) in [6, 6.07) is 0. The molecule has 0 radical (unpaired) electrons. The first-order chi connectivity index (χ1) is 3.41. The fourth-order valence-electron chi connectivity index (χ4n) is 0.306. The first kappa shape index (κ1) is 12.2. The molecule has 0 aliphatic carbocycles. The van der Waals surface area contributed by atoms with E-state index in [2.05, 4.69) is 5.32 Å². The maximum atomic E-state index is 8.19. The summed E-state index contributed by atoms with van der Waals surface area (Å²) >= 11 is 0. The Hall–Kier alpha value is 1.52. The van der Waals surface area contributed by atoms with Gasteiger partial charge in [0.15, 0.2) is 0 Å². The molecule has 0 aliphatic heterocycles. The van der Waals surface area contributed by atoms with Crippen molar-refractivity contribution in [1.29, 1.82) is 0 Å². The van der Waals surface area contributed by atoms with E-state index in [0.717, 1.165) is 6.54 Å². The van der Waals surface area contributed by atoms with Gasteiger partial charge in [-0.25, -0.2) is 0 Å². The SMILES string of the molecule is NCCNCCO.[K+]. The van der Waals surface area contributed by atoms with E-state index in [4.69, 9.17) is 10.8 Å². The third kappa shape index (κ3) is 10.5. The van der Waals surface area contributed by atoms with Crippen LogP contribution in [0.1, 0.15) is 0 Å². The zero-order valence-corrected chi connectivity index (χ0v) is 8.48. The predicted octanol–water partition coefficient (Wildman–Crippen LogP) is -4.47. The summed E-state index contributed by atoms with van der Waals surface area (Å²) in [5, 5.41) is 11.1. The van der Waals surface area contributed by atoms with E-state index in [0.29, 0.717) is 13.1 Å². The molecule has 0 aromatic carbocycles. The molecule has 0 unspecified atom stereocenters. The number of rotatable bonds is 4. The van der Waals surface area contributed by atoms with Gasteiger partial charge in [0.05, 0.1) is 6.61 Å². The normalized spacial score (nSPS) is 8.25. The minimum absolute atomic E-state index is 0. The third-order valence-corrected chi connectivity index (χ3v) is 0.610. The van der Waals surface area contributed by atoms with Gasteiger partial charge >= 0.3 is 51.4 Å². The Bertz CT molecular complexity index is 33.2. The fraction of sp³-hybridized carbons (Fsp3) is 1.00. The first-order valence-corrected chi connectivity index (χ1v) is 2.43. The molecular weight excluding hydrogens is 131 g/mol. The Balaban J connectivity index is 0. The summed E-state index contributed by atoms with van der Waals surface area (Å²) in [6.45, 7) is 2.28. The van der Waals surface area contributed by atoms with Crippen LogP contribution in [0.2, 0.25) is 0 Å². The fourth-order valence-corrected chi connectivity index (χ4v) is 0.306. The van der Waals surface area contributed by atoms with Crippen LogP contribution in [0.5, 0.6) is 0 Å². The number of nitrogens with two attached hydrogens (primary N) is 1. The van der Waals surface area contributed by atoms with Crippen LogP contribution < -0.4 is 62.4 Å². The molecule has 0 saturated heterocycles. The summed E-state index contributed by atoms with van der Waals surface area (Å²) in [4.78, 5) is 0. The third-order valence-electron chi connectivity index (χ3n) is 0.610. The largest absolute Gasteiger partial charge is 1.00 e. The molecule has 0 aliphatic rings. The first-order valence-electron chi connectivity index (χ1n) is 2.43. The van der Waals surface area contributed by atoms with E-state index in [1.54, 1.807) is 0 Å². The number of aliphatic hydroxyl groups is 1. The van der Waals surface area contributed by atoms with Gasteiger partial charge in [0.25, 0.3) is 0 Å². The summed E-state index contributed by atoms with van der Waals surface area (Å²) in [5.74, 6) is 0. The predicted molar refractivity (Wildman–Crippen MR) is 29.0 cm³/mol. The molecule has 0 bridgehead atoms. The van der Waals surface area contributed by atoms with Crippen molar-refractivity contribution in [2.24, 2.45) is 5.73 Å². The van der Waals surface area contributed by atoms with E-state index in [1.165, 1.54) is 0 Å². The van der Waals surface area contributed by atoms with E-state index in [9.17, 15) is 0 Å². The molecule has 0 aromatic rings. The van der Waals surface area contributed by atoms with Crippen molar-refractivity contribution in [3.05, 3.63) is 0 Å². The summed E-state index contributed by atoms with van der Waals surface area (Å²) < 4.78 is 0. The van der Waals surface area contributed by atoms with E-state index in [1.807, 2.05) is 0 Å². The monoisotopic (exact) mass is 143 g/mol. The molecule has 4 heteroatoms. The van der Waals surface area contributed by atoms with Crippen molar-refractivity contribution >= 4 is 0 Å².